The molecule has 0 radical (unpaired) electrons. The quantitative estimate of drug-likeness (QED) is 0.670. The highest BCUT2D eigenvalue weighted by molar-refractivity contribution is 6.38. The highest BCUT2D eigenvalue weighted by Crippen LogP contribution is 2.31. The third-order valence-electron chi connectivity index (χ3n) is 3.27. The van der Waals surface area contributed by atoms with Gasteiger partial charge in [0.05, 0.1) is 21.1 Å². The van der Waals surface area contributed by atoms with Gasteiger partial charge in [-0.1, -0.05) is 34.8 Å². The van der Waals surface area contributed by atoms with E-state index in [-0.39, 0.29) is 31.9 Å². The zero-order valence-corrected chi connectivity index (χ0v) is 13.8. The van der Waals surface area contributed by atoms with E-state index in [2.05, 4.69) is 4.98 Å². The van der Waals surface area contributed by atoms with Crippen molar-refractivity contribution in [1.29, 1.82) is 0 Å². The first-order valence-electron chi connectivity index (χ1n) is 6.39. The fraction of sp³-hybridized carbons (Fsp3) is 0. The Morgan fingerprint density at radius 3 is 2.38 bits per heavy atom. The fourth-order valence-electron chi connectivity index (χ4n) is 2.27. The van der Waals surface area contributed by atoms with Gasteiger partial charge in [0.2, 0.25) is 5.43 Å². The van der Waals surface area contributed by atoms with Gasteiger partial charge in [-0.2, -0.15) is 0 Å². The molecule has 3 rings (SSSR count). The van der Waals surface area contributed by atoms with Crippen molar-refractivity contribution < 1.29 is 14.3 Å². The van der Waals surface area contributed by atoms with Crippen LogP contribution in [0.4, 0.5) is 4.39 Å². The smallest absolute Gasteiger partial charge is 0.341 e. The fourth-order valence-corrected chi connectivity index (χ4v) is 3.05. The summed E-state index contributed by atoms with van der Waals surface area (Å²) in [4.78, 5) is 27.7. The van der Waals surface area contributed by atoms with E-state index < -0.39 is 22.8 Å². The predicted molar refractivity (Wildman–Crippen MR) is 89.3 cm³/mol. The van der Waals surface area contributed by atoms with E-state index in [0.717, 1.165) is 18.3 Å². The molecular formula is C15H6Cl3FN2O3. The summed E-state index contributed by atoms with van der Waals surface area (Å²) in [6, 6.07) is 4.73. The van der Waals surface area contributed by atoms with Crippen LogP contribution >= 0.6 is 34.8 Å². The molecule has 0 spiro atoms. The maximum Gasteiger partial charge on any atom is 0.341 e. The van der Waals surface area contributed by atoms with Crippen molar-refractivity contribution in [3.63, 3.8) is 0 Å². The molecule has 24 heavy (non-hydrogen) atoms. The minimum Gasteiger partial charge on any atom is -0.477 e. The Hall–Kier alpha value is -2.15. The van der Waals surface area contributed by atoms with Gasteiger partial charge in [-0.3, -0.25) is 9.36 Å². The largest absolute Gasteiger partial charge is 0.477 e. The SMILES string of the molecule is O=C(O)c1cn(-c2c(Cl)cc(F)cc2Cl)c2nc(Cl)ccc2c1=O. The average Bonchev–Trinajstić information content (AvgIpc) is 2.48. The van der Waals surface area contributed by atoms with Gasteiger partial charge in [-0.05, 0) is 24.3 Å². The predicted octanol–water partition coefficient (Wildman–Crippen LogP) is 4.18. The van der Waals surface area contributed by atoms with Crippen LogP contribution in [-0.4, -0.2) is 20.6 Å². The molecule has 122 valence electrons. The summed E-state index contributed by atoms with van der Waals surface area (Å²) in [7, 11) is 0. The van der Waals surface area contributed by atoms with Crippen molar-refractivity contribution in [3.8, 4) is 5.69 Å². The summed E-state index contributed by atoms with van der Waals surface area (Å²) >= 11 is 18.0. The summed E-state index contributed by atoms with van der Waals surface area (Å²) in [6.45, 7) is 0. The first-order valence-corrected chi connectivity index (χ1v) is 7.53. The number of carboxylic acids is 1. The molecule has 0 amide bonds. The number of rotatable bonds is 2. The summed E-state index contributed by atoms with van der Waals surface area (Å²) in [5.41, 5.74) is -1.11. The first kappa shape index (κ1) is 16.7. The van der Waals surface area contributed by atoms with Gasteiger partial charge in [-0.15, -0.1) is 0 Å². The third kappa shape index (κ3) is 2.73. The number of carboxylic acid groups (broad SMARTS) is 1. The van der Waals surface area contributed by atoms with Gasteiger partial charge >= 0.3 is 5.97 Å². The van der Waals surface area contributed by atoms with Gasteiger partial charge in [0, 0.05) is 6.20 Å². The summed E-state index contributed by atoms with van der Waals surface area (Å²) in [6.07, 6.45) is 1.03. The Bertz CT molecular complexity index is 1040. The molecule has 0 unspecified atom stereocenters. The Morgan fingerprint density at radius 2 is 1.79 bits per heavy atom. The van der Waals surface area contributed by atoms with Gasteiger partial charge in [0.15, 0.2) is 0 Å². The van der Waals surface area contributed by atoms with Crippen LogP contribution in [0.1, 0.15) is 10.4 Å². The Labute approximate surface area is 148 Å². The molecule has 0 saturated heterocycles. The van der Waals surface area contributed by atoms with Crippen molar-refractivity contribution in [2.45, 2.75) is 0 Å². The normalized spacial score (nSPS) is 11.0. The lowest BCUT2D eigenvalue weighted by Crippen LogP contribution is -2.19. The monoisotopic (exact) mass is 386 g/mol. The number of nitrogens with zero attached hydrogens (tertiary/aromatic N) is 2. The summed E-state index contributed by atoms with van der Waals surface area (Å²) in [5.74, 6) is -2.09. The summed E-state index contributed by atoms with van der Waals surface area (Å²) in [5, 5.41) is 9.17. The second kappa shape index (κ2) is 6.05. The molecule has 0 bridgehead atoms. The van der Waals surface area contributed by atoms with Crippen molar-refractivity contribution in [2.24, 2.45) is 0 Å². The van der Waals surface area contributed by atoms with E-state index in [1.807, 2.05) is 0 Å². The molecule has 0 fully saturated rings. The van der Waals surface area contributed by atoms with Crippen molar-refractivity contribution in [2.75, 3.05) is 0 Å². The highest BCUT2D eigenvalue weighted by Gasteiger charge is 2.19. The molecule has 9 heteroatoms. The van der Waals surface area contributed by atoms with E-state index in [0.29, 0.717) is 0 Å². The van der Waals surface area contributed by atoms with Gasteiger partial charge in [0.25, 0.3) is 0 Å². The molecular weight excluding hydrogens is 382 g/mol. The topological polar surface area (TPSA) is 72.2 Å². The number of hydrogen-bond acceptors (Lipinski definition) is 3. The van der Waals surface area contributed by atoms with Crippen molar-refractivity contribution in [1.82, 2.24) is 9.55 Å². The van der Waals surface area contributed by atoms with E-state index in [1.165, 1.54) is 16.7 Å². The molecule has 5 nitrogen and oxygen atoms in total. The molecule has 2 heterocycles. The third-order valence-corrected chi connectivity index (χ3v) is 4.06. The van der Waals surface area contributed by atoms with Crippen LogP contribution in [0.3, 0.4) is 0 Å². The molecule has 3 aromatic rings. The van der Waals surface area contributed by atoms with Crippen LogP contribution in [0.5, 0.6) is 0 Å². The zero-order valence-electron chi connectivity index (χ0n) is 11.6. The van der Waals surface area contributed by atoms with E-state index in [4.69, 9.17) is 34.8 Å². The number of fused-ring (bicyclic) bond motifs is 1. The van der Waals surface area contributed by atoms with Crippen LogP contribution in [0, 0.1) is 5.82 Å². The Balaban J connectivity index is 2.53. The summed E-state index contributed by atoms with van der Waals surface area (Å²) < 4.78 is 14.6. The molecule has 0 aliphatic carbocycles. The lowest BCUT2D eigenvalue weighted by molar-refractivity contribution is 0.0695. The molecule has 0 saturated carbocycles. The number of pyridine rings is 2. The molecule has 2 aromatic heterocycles. The van der Waals surface area contributed by atoms with Crippen LogP contribution < -0.4 is 5.43 Å². The molecule has 1 N–H and O–H groups in total. The minimum atomic E-state index is -1.43. The van der Waals surface area contributed by atoms with Crippen LogP contribution in [0.25, 0.3) is 16.7 Å². The van der Waals surface area contributed by atoms with Crippen molar-refractivity contribution >= 4 is 51.8 Å². The Kier molecular flexibility index (Phi) is 4.21. The van der Waals surface area contributed by atoms with E-state index >= 15 is 0 Å². The average molecular weight is 388 g/mol. The highest BCUT2D eigenvalue weighted by atomic mass is 35.5. The van der Waals surface area contributed by atoms with Crippen LogP contribution in [0.2, 0.25) is 15.2 Å². The zero-order chi connectivity index (χ0) is 17.6. The van der Waals surface area contributed by atoms with Crippen molar-refractivity contribution in [3.05, 3.63) is 67.3 Å². The van der Waals surface area contributed by atoms with E-state index in [9.17, 15) is 19.1 Å². The molecule has 1 aromatic carbocycles. The first-order chi connectivity index (χ1) is 11.3. The number of halogens is 4. The van der Waals surface area contributed by atoms with Gasteiger partial charge < -0.3 is 5.11 Å². The number of hydrogen-bond donors (Lipinski definition) is 1. The number of carbonyl (C=O) groups is 1. The molecule has 0 aliphatic heterocycles. The lowest BCUT2D eigenvalue weighted by Gasteiger charge is -2.14. The number of benzene rings is 1. The number of aromatic carboxylic acids is 1. The standard InChI is InChI=1S/C15H6Cl3FN2O3/c16-9-3-6(19)4-10(17)12(9)21-5-8(15(23)24)13(22)7-1-2-11(18)20-14(7)21/h1-5H,(H,23,24). The lowest BCUT2D eigenvalue weighted by atomic mass is 10.2. The minimum absolute atomic E-state index is 0.00996. The maximum absolute atomic E-state index is 13.4. The molecule has 0 atom stereocenters. The Morgan fingerprint density at radius 1 is 1.17 bits per heavy atom. The van der Waals surface area contributed by atoms with Crippen LogP contribution in [-0.2, 0) is 0 Å². The second-order valence-electron chi connectivity index (χ2n) is 4.77. The van der Waals surface area contributed by atoms with E-state index in [1.54, 1.807) is 0 Å². The molecule has 0 aliphatic rings. The maximum atomic E-state index is 13.4. The van der Waals surface area contributed by atoms with Gasteiger partial charge in [-0.25, -0.2) is 14.2 Å². The van der Waals surface area contributed by atoms with Crippen LogP contribution in [0.15, 0.2) is 35.3 Å². The number of aromatic nitrogens is 2. The van der Waals surface area contributed by atoms with Gasteiger partial charge in [0.1, 0.15) is 22.2 Å². The second-order valence-corrected chi connectivity index (χ2v) is 5.97.